The van der Waals surface area contributed by atoms with E-state index in [2.05, 4.69) is 4.90 Å². The topological polar surface area (TPSA) is 49.6 Å². The minimum Gasteiger partial charge on any atom is -0.320 e. The van der Waals surface area contributed by atoms with Crippen LogP contribution in [-0.4, -0.2) is 44.0 Å². The Kier molecular flexibility index (Phi) is 12.6. The lowest BCUT2D eigenvalue weighted by molar-refractivity contribution is -0.120. The van der Waals surface area contributed by atoms with Gasteiger partial charge in [0.25, 0.3) is 0 Å². The number of halogens is 2. The molecule has 0 aromatic heterocycles. The smallest absolute Gasteiger partial charge is 0.243 e. The number of para-hydroxylation sites is 1. The number of nitrogens with two attached hydrogens (primary N) is 1. The molecule has 4 nitrogen and oxygen atoms in total. The zero-order valence-electron chi connectivity index (χ0n) is 13.0. The van der Waals surface area contributed by atoms with Crippen LogP contribution in [0.2, 0.25) is 0 Å². The van der Waals surface area contributed by atoms with Crippen molar-refractivity contribution in [2.45, 2.75) is 25.8 Å². The summed E-state index contributed by atoms with van der Waals surface area (Å²) in [6, 6.07) is 9.32. The number of likely N-dealkylation sites (N-methyl/N-ethyl adjacent to an activating group) is 1. The van der Waals surface area contributed by atoms with Crippen LogP contribution in [0.25, 0.3) is 0 Å². The minimum atomic E-state index is -0.410. The van der Waals surface area contributed by atoms with E-state index in [1.807, 2.05) is 51.4 Å². The van der Waals surface area contributed by atoms with Gasteiger partial charge in [0.15, 0.2) is 0 Å². The second-order valence-electron chi connectivity index (χ2n) is 5.02. The van der Waals surface area contributed by atoms with Crippen molar-refractivity contribution in [3.8, 4) is 0 Å². The molecule has 122 valence electrons. The first kappa shape index (κ1) is 22.5. The second-order valence-corrected chi connectivity index (χ2v) is 5.02. The Balaban J connectivity index is 0. The number of hydrogen-bond donors (Lipinski definition) is 1. The zero-order valence-corrected chi connectivity index (χ0v) is 14.6. The number of carbonyl (C=O) groups excluding carboxylic acids is 1. The molecular weight excluding hydrogens is 309 g/mol. The standard InChI is InChI=1S/C15H25N3O.2ClH/c1-4-8-14(16)15(19)18(12-11-17(2)3)13-9-6-5-7-10-13;;/h5-7,9-10,14H,4,8,11-12,16H2,1-3H3;2*1H. The first-order valence-electron chi connectivity index (χ1n) is 6.83. The van der Waals surface area contributed by atoms with E-state index in [4.69, 9.17) is 5.73 Å². The van der Waals surface area contributed by atoms with Crippen molar-refractivity contribution >= 4 is 36.4 Å². The summed E-state index contributed by atoms with van der Waals surface area (Å²) in [5.41, 5.74) is 6.89. The predicted octanol–water partition coefficient (Wildman–Crippen LogP) is 2.55. The number of hydrogen-bond acceptors (Lipinski definition) is 3. The largest absolute Gasteiger partial charge is 0.320 e. The lowest BCUT2D eigenvalue weighted by Gasteiger charge is -2.27. The third-order valence-corrected chi connectivity index (χ3v) is 3.02. The quantitative estimate of drug-likeness (QED) is 0.832. The number of anilines is 1. The van der Waals surface area contributed by atoms with Crippen LogP contribution in [0.3, 0.4) is 0 Å². The van der Waals surface area contributed by atoms with Crippen molar-refractivity contribution in [1.29, 1.82) is 0 Å². The SMILES string of the molecule is CCCC(N)C(=O)N(CCN(C)C)c1ccccc1.Cl.Cl. The molecule has 0 aliphatic carbocycles. The van der Waals surface area contributed by atoms with Gasteiger partial charge in [0.1, 0.15) is 0 Å². The summed E-state index contributed by atoms with van der Waals surface area (Å²) in [6.45, 7) is 3.52. The van der Waals surface area contributed by atoms with E-state index in [0.29, 0.717) is 6.54 Å². The maximum Gasteiger partial charge on any atom is 0.243 e. The molecule has 1 atom stereocenters. The van der Waals surface area contributed by atoms with Gasteiger partial charge < -0.3 is 15.5 Å². The van der Waals surface area contributed by atoms with Crippen LogP contribution < -0.4 is 10.6 Å². The van der Waals surface area contributed by atoms with Crippen LogP contribution in [0.15, 0.2) is 30.3 Å². The first-order chi connectivity index (χ1) is 9.06. The molecule has 0 saturated carbocycles. The van der Waals surface area contributed by atoms with E-state index in [-0.39, 0.29) is 30.7 Å². The van der Waals surface area contributed by atoms with Gasteiger partial charge in [-0.1, -0.05) is 31.5 Å². The summed E-state index contributed by atoms with van der Waals surface area (Å²) < 4.78 is 0. The summed E-state index contributed by atoms with van der Waals surface area (Å²) in [5, 5.41) is 0. The van der Waals surface area contributed by atoms with Crippen LogP contribution in [-0.2, 0) is 4.79 Å². The highest BCUT2D eigenvalue weighted by Gasteiger charge is 2.21. The number of amides is 1. The predicted molar refractivity (Wildman–Crippen MR) is 94.7 cm³/mol. The molecule has 21 heavy (non-hydrogen) atoms. The van der Waals surface area contributed by atoms with E-state index in [1.165, 1.54) is 0 Å². The molecule has 1 aromatic rings. The fraction of sp³-hybridized carbons (Fsp3) is 0.533. The molecule has 0 spiro atoms. The fourth-order valence-corrected chi connectivity index (χ4v) is 1.91. The molecule has 0 fully saturated rings. The van der Waals surface area contributed by atoms with Crippen LogP contribution in [0.5, 0.6) is 0 Å². The van der Waals surface area contributed by atoms with Crippen molar-refractivity contribution in [3.05, 3.63) is 30.3 Å². The molecule has 1 amide bonds. The lowest BCUT2D eigenvalue weighted by atomic mass is 10.1. The maximum absolute atomic E-state index is 12.4. The number of nitrogens with zero attached hydrogens (tertiary/aromatic N) is 2. The van der Waals surface area contributed by atoms with E-state index in [0.717, 1.165) is 25.1 Å². The maximum atomic E-state index is 12.4. The molecule has 0 aliphatic heterocycles. The highest BCUT2D eigenvalue weighted by molar-refractivity contribution is 5.97. The van der Waals surface area contributed by atoms with Gasteiger partial charge in [0.05, 0.1) is 6.04 Å². The van der Waals surface area contributed by atoms with Gasteiger partial charge in [-0.25, -0.2) is 0 Å². The lowest BCUT2D eigenvalue weighted by Crippen LogP contribution is -2.46. The second kappa shape index (κ2) is 11.8. The minimum absolute atomic E-state index is 0. The van der Waals surface area contributed by atoms with Gasteiger partial charge in [0.2, 0.25) is 5.91 Å². The van der Waals surface area contributed by atoms with Crippen LogP contribution in [0.4, 0.5) is 5.69 Å². The van der Waals surface area contributed by atoms with Gasteiger partial charge in [-0.05, 0) is 32.6 Å². The summed E-state index contributed by atoms with van der Waals surface area (Å²) >= 11 is 0. The average Bonchev–Trinajstić information content (AvgIpc) is 2.40. The van der Waals surface area contributed by atoms with Crippen LogP contribution in [0.1, 0.15) is 19.8 Å². The summed E-state index contributed by atoms with van der Waals surface area (Å²) in [5.74, 6) is 0.00917. The van der Waals surface area contributed by atoms with Gasteiger partial charge in [0, 0.05) is 18.8 Å². The van der Waals surface area contributed by atoms with Crippen molar-refractivity contribution in [1.82, 2.24) is 4.90 Å². The van der Waals surface area contributed by atoms with Crippen molar-refractivity contribution < 1.29 is 4.79 Å². The van der Waals surface area contributed by atoms with E-state index in [1.54, 1.807) is 4.90 Å². The fourth-order valence-electron chi connectivity index (χ4n) is 1.91. The molecule has 0 radical (unpaired) electrons. The molecule has 0 heterocycles. The van der Waals surface area contributed by atoms with Crippen LogP contribution >= 0.6 is 24.8 Å². The highest BCUT2D eigenvalue weighted by Crippen LogP contribution is 2.15. The Bertz CT molecular complexity index is 388. The molecule has 0 saturated heterocycles. The summed E-state index contributed by atoms with van der Waals surface area (Å²) in [6.07, 6.45) is 1.65. The Hall–Kier alpha value is -0.810. The Morgan fingerprint density at radius 3 is 2.19 bits per heavy atom. The molecule has 2 N–H and O–H groups in total. The molecule has 0 bridgehead atoms. The third kappa shape index (κ3) is 7.67. The molecule has 1 rings (SSSR count). The monoisotopic (exact) mass is 335 g/mol. The molecular formula is C15H27Cl2N3O. The first-order valence-corrected chi connectivity index (χ1v) is 6.83. The van der Waals surface area contributed by atoms with E-state index in [9.17, 15) is 4.79 Å². The van der Waals surface area contributed by atoms with Crippen molar-refractivity contribution in [3.63, 3.8) is 0 Å². The summed E-state index contributed by atoms with van der Waals surface area (Å²) in [7, 11) is 4.00. The molecule has 1 unspecified atom stereocenters. The van der Waals surface area contributed by atoms with Gasteiger partial charge in [-0.15, -0.1) is 24.8 Å². The highest BCUT2D eigenvalue weighted by atomic mass is 35.5. The number of carbonyl (C=O) groups is 1. The van der Waals surface area contributed by atoms with E-state index >= 15 is 0 Å². The zero-order chi connectivity index (χ0) is 14.3. The van der Waals surface area contributed by atoms with Gasteiger partial charge in [-0.2, -0.15) is 0 Å². The Morgan fingerprint density at radius 1 is 1.14 bits per heavy atom. The summed E-state index contributed by atoms with van der Waals surface area (Å²) in [4.78, 5) is 16.3. The van der Waals surface area contributed by atoms with Gasteiger partial charge in [-0.3, -0.25) is 4.79 Å². The van der Waals surface area contributed by atoms with E-state index < -0.39 is 6.04 Å². The normalized spacial score (nSPS) is 11.3. The van der Waals surface area contributed by atoms with Gasteiger partial charge >= 0.3 is 0 Å². The molecule has 0 aliphatic rings. The van der Waals surface area contributed by atoms with Crippen LogP contribution in [0, 0.1) is 0 Å². The van der Waals surface area contributed by atoms with Crippen molar-refractivity contribution in [2.24, 2.45) is 5.73 Å². The van der Waals surface area contributed by atoms with Crippen molar-refractivity contribution in [2.75, 3.05) is 32.1 Å². The number of benzene rings is 1. The molecule has 6 heteroatoms. The number of rotatable bonds is 7. The Labute approximate surface area is 140 Å². The Morgan fingerprint density at radius 2 is 1.71 bits per heavy atom. The average molecular weight is 336 g/mol. The third-order valence-electron chi connectivity index (χ3n) is 3.02. The molecule has 1 aromatic carbocycles.